The lowest BCUT2D eigenvalue weighted by Gasteiger charge is -2.03. The molecule has 76 valence electrons. The molecular weight excluding hydrogens is 190 g/mol. The number of hydrogen-bond donors (Lipinski definition) is 1. The van der Waals surface area contributed by atoms with Crippen molar-refractivity contribution in [2.75, 3.05) is 5.73 Å². The monoisotopic (exact) mass is 201 g/mol. The fourth-order valence-electron chi connectivity index (χ4n) is 1.12. The Balaban J connectivity index is 2.18. The number of nitrogen functional groups attached to an aromatic ring is 1. The lowest BCUT2D eigenvalue weighted by atomic mass is 10.3. The Labute approximate surface area is 87.7 Å². The first-order valence-corrected chi connectivity index (χ1v) is 4.56. The van der Waals surface area contributed by atoms with Crippen LogP contribution in [0.25, 0.3) is 0 Å². The van der Waals surface area contributed by atoms with Gasteiger partial charge in [0.25, 0.3) is 0 Å². The SMILES string of the molecule is Cc1cnc(Oc2cccc(N)c2)nc1. The lowest BCUT2D eigenvalue weighted by Crippen LogP contribution is -1.92. The molecule has 2 aromatic rings. The minimum Gasteiger partial charge on any atom is -0.424 e. The first kappa shape index (κ1) is 9.45. The maximum atomic E-state index is 5.62. The summed E-state index contributed by atoms with van der Waals surface area (Å²) < 4.78 is 5.41. The summed E-state index contributed by atoms with van der Waals surface area (Å²) in [5.74, 6) is 0.638. The Hall–Kier alpha value is -2.10. The highest BCUT2D eigenvalue weighted by molar-refractivity contribution is 5.44. The van der Waals surface area contributed by atoms with Crippen LogP contribution in [0.1, 0.15) is 5.56 Å². The second kappa shape index (κ2) is 3.96. The van der Waals surface area contributed by atoms with E-state index in [1.54, 1.807) is 30.6 Å². The molecule has 0 unspecified atom stereocenters. The van der Waals surface area contributed by atoms with E-state index in [-0.39, 0.29) is 0 Å². The minimum atomic E-state index is 0.325. The van der Waals surface area contributed by atoms with E-state index in [9.17, 15) is 0 Å². The van der Waals surface area contributed by atoms with Crippen molar-refractivity contribution in [3.05, 3.63) is 42.2 Å². The zero-order valence-electron chi connectivity index (χ0n) is 8.34. The molecular formula is C11H11N3O. The molecule has 0 saturated heterocycles. The molecule has 0 spiro atoms. The van der Waals surface area contributed by atoms with Crippen molar-refractivity contribution in [1.82, 2.24) is 9.97 Å². The van der Waals surface area contributed by atoms with Gasteiger partial charge in [-0.1, -0.05) is 6.07 Å². The van der Waals surface area contributed by atoms with Crippen LogP contribution in [0.15, 0.2) is 36.7 Å². The predicted octanol–water partition coefficient (Wildman–Crippen LogP) is 2.16. The van der Waals surface area contributed by atoms with Gasteiger partial charge < -0.3 is 10.5 Å². The number of nitrogens with zero attached hydrogens (tertiary/aromatic N) is 2. The molecule has 0 fully saturated rings. The predicted molar refractivity (Wildman–Crippen MR) is 57.7 cm³/mol. The van der Waals surface area contributed by atoms with Crippen molar-refractivity contribution in [2.45, 2.75) is 6.92 Å². The number of benzene rings is 1. The highest BCUT2D eigenvalue weighted by Crippen LogP contribution is 2.19. The van der Waals surface area contributed by atoms with Crippen molar-refractivity contribution in [3.63, 3.8) is 0 Å². The third-order valence-electron chi connectivity index (χ3n) is 1.82. The van der Waals surface area contributed by atoms with Crippen molar-refractivity contribution in [1.29, 1.82) is 0 Å². The molecule has 2 rings (SSSR count). The van der Waals surface area contributed by atoms with Gasteiger partial charge in [0.05, 0.1) is 0 Å². The second-order valence-electron chi connectivity index (χ2n) is 3.22. The quantitative estimate of drug-likeness (QED) is 0.756. The molecule has 15 heavy (non-hydrogen) atoms. The number of aryl methyl sites for hydroxylation is 1. The molecule has 0 atom stereocenters. The van der Waals surface area contributed by atoms with Gasteiger partial charge in [-0.25, -0.2) is 9.97 Å². The van der Waals surface area contributed by atoms with Gasteiger partial charge in [-0.2, -0.15) is 0 Å². The number of rotatable bonds is 2. The Morgan fingerprint density at radius 2 is 1.93 bits per heavy atom. The van der Waals surface area contributed by atoms with Gasteiger partial charge in [-0.3, -0.25) is 0 Å². The summed E-state index contributed by atoms with van der Waals surface area (Å²) >= 11 is 0. The first-order valence-electron chi connectivity index (χ1n) is 4.56. The Kier molecular flexibility index (Phi) is 2.49. The normalized spacial score (nSPS) is 9.93. The maximum Gasteiger partial charge on any atom is 0.321 e. The van der Waals surface area contributed by atoms with Crippen LogP contribution < -0.4 is 10.5 Å². The highest BCUT2D eigenvalue weighted by atomic mass is 16.5. The summed E-state index contributed by atoms with van der Waals surface area (Å²) in [7, 11) is 0. The molecule has 1 heterocycles. The van der Waals surface area contributed by atoms with Gasteiger partial charge in [0.15, 0.2) is 0 Å². The standard InChI is InChI=1S/C11H11N3O/c1-8-6-13-11(14-7-8)15-10-4-2-3-9(12)5-10/h2-7H,12H2,1H3. The summed E-state index contributed by atoms with van der Waals surface area (Å²) in [6.07, 6.45) is 3.41. The van der Waals surface area contributed by atoms with Crippen molar-refractivity contribution in [3.8, 4) is 11.8 Å². The molecule has 1 aromatic heterocycles. The van der Waals surface area contributed by atoms with E-state index in [0.717, 1.165) is 5.56 Å². The number of aromatic nitrogens is 2. The lowest BCUT2D eigenvalue weighted by molar-refractivity contribution is 0.441. The van der Waals surface area contributed by atoms with Gasteiger partial charge in [0.2, 0.25) is 0 Å². The van der Waals surface area contributed by atoms with Crippen LogP contribution in [0.2, 0.25) is 0 Å². The summed E-state index contributed by atoms with van der Waals surface area (Å²) in [5.41, 5.74) is 7.26. The van der Waals surface area contributed by atoms with E-state index in [1.807, 2.05) is 13.0 Å². The van der Waals surface area contributed by atoms with E-state index in [2.05, 4.69) is 9.97 Å². The highest BCUT2D eigenvalue weighted by Gasteiger charge is 1.99. The maximum absolute atomic E-state index is 5.62. The molecule has 4 nitrogen and oxygen atoms in total. The average molecular weight is 201 g/mol. The van der Waals surface area contributed by atoms with Gasteiger partial charge in [-0.05, 0) is 24.6 Å². The van der Waals surface area contributed by atoms with Crippen LogP contribution >= 0.6 is 0 Å². The molecule has 2 N–H and O–H groups in total. The minimum absolute atomic E-state index is 0.325. The summed E-state index contributed by atoms with van der Waals surface area (Å²) in [6, 6.07) is 7.47. The van der Waals surface area contributed by atoms with Gasteiger partial charge in [-0.15, -0.1) is 0 Å². The molecule has 0 saturated carbocycles. The van der Waals surface area contributed by atoms with E-state index in [0.29, 0.717) is 17.4 Å². The van der Waals surface area contributed by atoms with Crippen molar-refractivity contribution < 1.29 is 4.74 Å². The average Bonchev–Trinajstić information content (AvgIpc) is 2.22. The summed E-state index contributed by atoms with van der Waals surface area (Å²) in [5, 5.41) is 0. The Morgan fingerprint density at radius 3 is 2.60 bits per heavy atom. The molecule has 0 bridgehead atoms. The molecule has 0 aliphatic heterocycles. The summed E-state index contributed by atoms with van der Waals surface area (Å²) in [4.78, 5) is 8.06. The smallest absolute Gasteiger partial charge is 0.321 e. The number of ether oxygens (including phenoxy) is 1. The second-order valence-corrected chi connectivity index (χ2v) is 3.22. The van der Waals surface area contributed by atoms with Crippen molar-refractivity contribution >= 4 is 5.69 Å². The number of nitrogens with two attached hydrogens (primary N) is 1. The first-order chi connectivity index (χ1) is 7.24. The summed E-state index contributed by atoms with van der Waals surface area (Å²) in [6.45, 7) is 1.92. The number of hydrogen-bond acceptors (Lipinski definition) is 4. The zero-order chi connectivity index (χ0) is 10.7. The fourth-order valence-corrected chi connectivity index (χ4v) is 1.12. The molecule has 0 aliphatic carbocycles. The molecule has 4 heteroatoms. The van der Waals surface area contributed by atoms with Crippen molar-refractivity contribution in [2.24, 2.45) is 0 Å². The molecule has 0 aliphatic rings. The largest absolute Gasteiger partial charge is 0.424 e. The van der Waals surface area contributed by atoms with Crippen LogP contribution in [0, 0.1) is 6.92 Å². The Morgan fingerprint density at radius 1 is 1.20 bits per heavy atom. The Bertz CT molecular complexity index is 454. The van der Waals surface area contributed by atoms with Gasteiger partial charge in [0, 0.05) is 24.1 Å². The van der Waals surface area contributed by atoms with E-state index in [4.69, 9.17) is 10.5 Å². The van der Waals surface area contributed by atoms with E-state index < -0.39 is 0 Å². The van der Waals surface area contributed by atoms with Crippen LogP contribution in [0.3, 0.4) is 0 Å². The number of anilines is 1. The zero-order valence-corrected chi connectivity index (χ0v) is 8.34. The third-order valence-corrected chi connectivity index (χ3v) is 1.82. The molecule has 0 radical (unpaired) electrons. The van der Waals surface area contributed by atoms with Crippen LogP contribution in [0.4, 0.5) is 5.69 Å². The van der Waals surface area contributed by atoms with Crippen LogP contribution in [-0.2, 0) is 0 Å². The molecule has 0 amide bonds. The van der Waals surface area contributed by atoms with Crippen LogP contribution in [0.5, 0.6) is 11.8 Å². The van der Waals surface area contributed by atoms with E-state index >= 15 is 0 Å². The topological polar surface area (TPSA) is 61.0 Å². The fraction of sp³-hybridized carbons (Fsp3) is 0.0909. The van der Waals surface area contributed by atoms with Crippen LogP contribution in [-0.4, -0.2) is 9.97 Å². The van der Waals surface area contributed by atoms with Gasteiger partial charge >= 0.3 is 6.01 Å². The van der Waals surface area contributed by atoms with E-state index in [1.165, 1.54) is 0 Å². The third kappa shape index (κ3) is 2.43. The van der Waals surface area contributed by atoms with Gasteiger partial charge in [0.1, 0.15) is 5.75 Å². The molecule has 1 aromatic carbocycles.